The van der Waals surface area contributed by atoms with E-state index in [0.29, 0.717) is 6.04 Å². The van der Waals surface area contributed by atoms with E-state index in [0.717, 1.165) is 36.3 Å². The van der Waals surface area contributed by atoms with Crippen LogP contribution < -0.4 is 21.5 Å². The van der Waals surface area contributed by atoms with Gasteiger partial charge in [-0.25, -0.2) is 5.43 Å². The number of amides is 1. The number of carbonyl (C=O) groups is 1. The highest BCUT2D eigenvalue weighted by Crippen LogP contribution is 2.24. The molecule has 1 aromatic heterocycles. The van der Waals surface area contributed by atoms with Crippen LogP contribution in [0.15, 0.2) is 48.7 Å². The summed E-state index contributed by atoms with van der Waals surface area (Å²) < 4.78 is 0. The van der Waals surface area contributed by atoms with Crippen LogP contribution in [0, 0.1) is 12.8 Å². The molecule has 4 atom stereocenters. The topological polar surface area (TPSA) is 78.1 Å². The average molecular weight is 351 g/mol. The molecule has 2 aliphatic heterocycles. The molecule has 0 radical (unpaired) electrons. The van der Waals surface area contributed by atoms with E-state index < -0.39 is 0 Å². The van der Waals surface area contributed by atoms with E-state index >= 15 is 0 Å². The molecule has 26 heavy (non-hydrogen) atoms. The van der Waals surface area contributed by atoms with Crippen molar-refractivity contribution >= 4 is 5.91 Å². The lowest BCUT2D eigenvalue weighted by Gasteiger charge is -2.28. The molecule has 2 saturated heterocycles. The summed E-state index contributed by atoms with van der Waals surface area (Å²) in [6.07, 6.45) is 2.80. The maximum Gasteiger partial charge on any atom is 0.239 e. The normalized spacial score (nSPS) is 26.1. The van der Waals surface area contributed by atoms with Crippen LogP contribution in [0.2, 0.25) is 0 Å². The number of nitrogens with one attached hydrogen (secondary N) is 4. The van der Waals surface area contributed by atoms with Crippen molar-refractivity contribution in [3.05, 3.63) is 65.5 Å². The first-order chi connectivity index (χ1) is 12.7. The van der Waals surface area contributed by atoms with E-state index in [1.165, 1.54) is 0 Å². The third kappa shape index (κ3) is 3.49. The Morgan fingerprint density at radius 2 is 2.15 bits per heavy atom. The van der Waals surface area contributed by atoms with Crippen molar-refractivity contribution in [2.75, 3.05) is 13.1 Å². The first-order valence-electron chi connectivity index (χ1n) is 9.22. The Kier molecular flexibility index (Phi) is 4.97. The third-order valence-corrected chi connectivity index (χ3v) is 5.31. The van der Waals surface area contributed by atoms with Gasteiger partial charge >= 0.3 is 0 Å². The molecule has 136 valence electrons. The molecular weight excluding hydrogens is 326 g/mol. The summed E-state index contributed by atoms with van der Waals surface area (Å²) in [5.74, 6) is 0.261. The van der Waals surface area contributed by atoms with E-state index in [-0.39, 0.29) is 23.9 Å². The van der Waals surface area contributed by atoms with Gasteiger partial charge < -0.3 is 10.6 Å². The number of benzene rings is 1. The second-order valence-corrected chi connectivity index (χ2v) is 7.14. The minimum atomic E-state index is -0.263. The zero-order valence-electron chi connectivity index (χ0n) is 14.9. The van der Waals surface area contributed by atoms with Crippen LogP contribution in [0.3, 0.4) is 0 Å². The monoisotopic (exact) mass is 351 g/mol. The Balaban J connectivity index is 1.58. The van der Waals surface area contributed by atoms with Crippen LogP contribution >= 0.6 is 0 Å². The molecule has 4 unspecified atom stereocenters. The Bertz CT molecular complexity index is 766. The zero-order chi connectivity index (χ0) is 17.9. The highest BCUT2D eigenvalue weighted by molar-refractivity contribution is 5.83. The van der Waals surface area contributed by atoms with E-state index in [1.54, 1.807) is 6.20 Å². The summed E-state index contributed by atoms with van der Waals surface area (Å²) in [6.45, 7) is 3.90. The number of hydrazine groups is 1. The van der Waals surface area contributed by atoms with Crippen molar-refractivity contribution < 1.29 is 4.79 Å². The summed E-state index contributed by atoms with van der Waals surface area (Å²) >= 11 is 0. The Hall–Kier alpha value is -2.28. The van der Waals surface area contributed by atoms with E-state index in [1.807, 2.05) is 30.3 Å². The molecule has 4 N–H and O–H groups in total. The number of rotatable bonds is 4. The van der Waals surface area contributed by atoms with Crippen LogP contribution in [-0.2, 0) is 4.79 Å². The second-order valence-electron chi connectivity index (χ2n) is 7.14. The van der Waals surface area contributed by atoms with Gasteiger partial charge in [0, 0.05) is 24.7 Å². The molecule has 3 heterocycles. The minimum absolute atomic E-state index is 0.00543. The van der Waals surface area contributed by atoms with Gasteiger partial charge in [0.05, 0.1) is 11.7 Å². The number of nitrogens with zero attached hydrogens (tertiary/aromatic N) is 1. The molecule has 6 nitrogen and oxygen atoms in total. The lowest BCUT2D eigenvalue weighted by Crippen LogP contribution is -2.50. The van der Waals surface area contributed by atoms with Gasteiger partial charge in [-0.05, 0) is 37.6 Å². The molecule has 0 aliphatic carbocycles. The van der Waals surface area contributed by atoms with Crippen molar-refractivity contribution in [2.24, 2.45) is 5.92 Å². The third-order valence-electron chi connectivity index (χ3n) is 5.31. The second kappa shape index (κ2) is 7.53. The standard InChI is InChI=1S/C20H25N5O/c1-13-5-4-6-14(11-13)18(17-7-2-3-9-22-17)23-20(26)19-15-12-21-10-8-16(15)24-25-19/h2-7,9,11,15-16,18-19,21,24-25H,8,10,12H2,1H3,(H,23,26). The van der Waals surface area contributed by atoms with Gasteiger partial charge in [-0.3, -0.25) is 15.2 Å². The fourth-order valence-electron chi connectivity index (χ4n) is 3.93. The van der Waals surface area contributed by atoms with E-state index in [9.17, 15) is 4.79 Å². The van der Waals surface area contributed by atoms with Gasteiger partial charge in [0.1, 0.15) is 6.04 Å². The van der Waals surface area contributed by atoms with Crippen molar-refractivity contribution in [3.63, 3.8) is 0 Å². The predicted octanol–water partition coefficient (Wildman–Crippen LogP) is 1.05. The van der Waals surface area contributed by atoms with Gasteiger partial charge in [0.25, 0.3) is 0 Å². The maximum atomic E-state index is 13.1. The molecule has 0 bridgehead atoms. The highest BCUT2D eigenvalue weighted by Gasteiger charge is 2.41. The lowest BCUT2D eigenvalue weighted by atomic mass is 9.88. The molecule has 0 saturated carbocycles. The Morgan fingerprint density at radius 3 is 2.96 bits per heavy atom. The Labute approximate surface area is 153 Å². The van der Waals surface area contributed by atoms with Crippen molar-refractivity contribution in [1.82, 2.24) is 26.5 Å². The fourth-order valence-corrected chi connectivity index (χ4v) is 3.93. The molecule has 6 heteroatoms. The van der Waals surface area contributed by atoms with E-state index in [2.05, 4.69) is 45.5 Å². The average Bonchev–Trinajstić information content (AvgIpc) is 3.11. The molecule has 4 rings (SSSR count). The van der Waals surface area contributed by atoms with Crippen molar-refractivity contribution in [2.45, 2.75) is 31.5 Å². The highest BCUT2D eigenvalue weighted by atomic mass is 16.2. The van der Waals surface area contributed by atoms with Crippen LogP contribution in [0.4, 0.5) is 0 Å². The van der Waals surface area contributed by atoms with E-state index in [4.69, 9.17) is 0 Å². The van der Waals surface area contributed by atoms with Crippen LogP contribution in [-0.4, -0.2) is 36.1 Å². The van der Waals surface area contributed by atoms with Gasteiger partial charge in [0.2, 0.25) is 5.91 Å². The first-order valence-corrected chi connectivity index (χ1v) is 9.22. The molecule has 0 spiro atoms. The molecule has 2 aliphatic rings. The maximum absolute atomic E-state index is 13.1. The number of pyridine rings is 1. The number of carbonyl (C=O) groups excluding carboxylic acids is 1. The molecule has 2 fully saturated rings. The number of aromatic nitrogens is 1. The quantitative estimate of drug-likeness (QED) is 0.662. The molecule has 2 aromatic rings. The van der Waals surface area contributed by atoms with Crippen molar-refractivity contribution in [3.8, 4) is 0 Å². The number of hydrogen-bond donors (Lipinski definition) is 4. The van der Waals surface area contributed by atoms with Crippen LogP contribution in [0.25, 0.3) is 0 Å². The number of piperidine rings is 1. The van der Waals surface area contributed by atoms with Gasteiger partial charge in [-0.15, -0.1) is 0 Å². The number of aryl methyl sites for hydroxylation is 1. The van der Waals surface area contributed by atoms with Crippen LogP contribution in [0.1, 0.15) is 29.3 Å². The summed E-state index contributed by atoms with van der Waals surface area (Å²) in [7, 11) is 0. The van der Waals surface area contributed by atoms with Gasteiger partial charge in [-0.1, -0.05) is 35.9 Å². The van der Waals surface area contributed by atoms with Gasteiger partial charge in [-0.2, -0.15) is 0 Å². The SMILES string of the molecule is Cc1cccc(C(NC(=O)C2NNC3CCNCC32)c2ccccn2)c1. The molecular formula is C20H25N5O. The Morgan fingerprint density at radius 1 is 1.23 bits per heavy atom. The fraction of sp³-hybridized carbons (Fsp3) is 0.400. The zero-order valence-corrected chi connectivity index (χ0v) is 14.9. The number of fused-ring (bicyclic) bond motifs is 1. The first kappa shape index (κ1) is 17.1. The summed E-state index contributed by atoms with van der Waals surface area (Å²) in [6, 6.07) is 13.9. The van der Waals surface area contributed by atoms with Gasteiger partial charge in [0.15, 0.2) is 0 Å². The van der Waals surface area contributed by atoms with Crippen molar-refractivity contribution in [1.29, 1.82) is 0 Å². The summed E-state index contributed by atoms with van der Waals surface area (Å²) in [5, 5.41) is 6.61. The largest absolute Gasteiger partial charge is 0.342 e. The predicted molar refractivity (Wildman–Crippen MR) is 100 cm³/mol. The smallest absolute Gasteiger partial charge is 0.239 e. The minimum Gasteiger partial charge on any atom is -0.342 e. The number of hydrogen-bond acceptors (Lipinski definition) is 5. The summed E-state index contributed by atoms with van der Waals surface area (Å²) in [4.78, 5) is 17.6. The summed E-state index contributed by atoms with van der Waals surface area (Å²) in [5.41, 5.74) is 9.53. The lowest BCUT2D eigenvalue weighted by molar-refractivity contribution is -0.124. The van der Waals surface area contributed by atoms with Crippen LogP contribution in [0.5, 0.6) is 0 Å². The molecule has 1 aromatic carbocycles. The molecule has 1 amide bonds.